The van der Waals surface area contributed by atoms with Crippen molar-refractivity contribution >= 4 is 58.1 Å². The molecule has 1 aromatic heterocycles. The van der Waals surface area contributed by atoms with Crippen LogP contribution >= 0.6 is 46.1 Å². The van der Waals surface area contributed by atoms with Crippen LogP contribution in [0.5, 0.6) is 0 Å². The highest BCUT2D eigenvalue weighted by Crippen LogP contribution is 2.32. The van der Waals surface area contributed by atoms with Gasteiger partial charge >= 0.3 is 0 Å². The molecule has 0 aliphatic carbocycles. The van der Waals surface area contributed by atoms with Gasteiger partial charge in [-0.1, -0.05) is 53.6 Å². The fraction of sp³-hybridized carbons (Fsp3) is 0.294. The SMILES string of the molecule is C=C(C)C/C(=C/CC(=O)c1cc(Cl)c(Cl)s1)CC=NC(=C)CCl. The molecule has 0 aliphatic rings. The number of carbonyl (C=O) groups is 1. The fourth-order valence-corrected chi connectivity index (χ4v) is 3.15. The number of Topliss-reactive ketones (excluding diaryl/α,β-unsaturated/α-hetero) is 1. The van der Waals surface area contributed by atoms with E-state index in [-0.39, 0.29) is 5.78 Å². The van der Waals surface area contributed by atoms with Crippen LogP contribution in [0.15, 0.2) is 47.1 Å². The monoisotopic (exact) mass is 389 g/mol. The molecule has 0 fully saturated rings. The van der Waals surface area contributed by atoms with E-state index in [1.54, 1.807) is 12.3 Å². The Morgan fingerprint density at radius 3 is 2.57 bits per heavy atom. The topological polar surface area (TPSA) is 29.4 Å². The molecule has 2 nitrogen and oxygen atoms in total. The zero-order valence-electron chi connectivity index (χ0n) is 12.9. The molecule has 6 heteroatoms. The summed E-state index contributed by atoms with van der Waals surface area (Å²) in [5.74, 6) is 0.291. The predicted molar refractivity (Wildman–Crippen MR) is 104 cm³/mol. The third-order valence-electron chi connectivity index (χ3n) is 2.81. The summed E-state index contributed by atoms with van der Waals surface area (Å²) in [6.07, 6.45) is 5.30. The standard InChI is InChI=1S/C17H18Cl3NOS/c1-11(2)8-13(6-7-21-12(3)10-18)4-5-15(22)16-9-14(19)17(20)23-16/h4,7,9H,1,3,5-6,8,10H2,2H3/b13-4+,21-7?. The maximum atomic E-state index is 12.2. The van der Waals surface area contributed by atoms with Crippen LogP contribution < -0.4 is 0 Å². The number of carbonyl (C=O) groups excluding carboxylic acids is 1. The molecule has 0 unspecified atom stereocenters. The lowest BCUT2D eigenvalue weighted by Gasteiger charge is -2.04. The average molecular weight is 391 g/mol. The van der Waals surface area contributed by atoms with Crippen molar-refractivity contribution in [2.45, 2.75) is 26.2 Å². The molecule has 1 aromatic rings. The van der Waals surface area contributed by atoms with Crippen LogP contribution in [0.25, 0.3) is 0 Å². The third kappa shape index (κ3) is 7.49. The fourth-order valence-electron chi connectivity index (χ4n) is 1.76. The molecular weight excluding hydrogens is 373 g/mol. The minimum atomic E-state index is -0.00915. The van der Waals surface area contributed by atoms with Gasteiger partial charge in [0.2, 0.25) is 0 Å². The van der Waals surface area contributed by atoms with Gasteiger partial charge in [-0.05, 0) is 19.4 Å². The molecule has 0 saturated heterocycles. The van der Waals surface area contributed by atoms with Crippen molar-refractivity contribution in [2.75, 3.05) is 5.88 Å². The lowest BCUT2D eigenvalue weighted by Crippen LogP contribution is -1.96. The van der Waals surface area contributed by atoms with E-state index in [1.165, 1.54) is 11.3 Å². The van der Waals surface area contributed by atoms with E-state index >= 15 is 0 Å². The number of rotatable bonds is 9. The van der Waals surface area contributed by atoms with Crippen molar-refractivity contribution in [3.8, 4) is 0 Å². The summed E-state index contributed by atoms with van der Waals surface area (Å²) in [4.78, 5) is 16.9. The van der Waals surface area contributed by atoms with Crippen LogP contribution in [0.3, 0.4) is 0 Å². The quantitative estimate of drug-likeness (QED) is 0.199. The predicted octanol–water partition coefficient (Wildman–Crippen LogP) is 6.73. The first kappa shape index (κ1) is 20.2. The minimum absolute atomic E-state index is 0.00915. The Morgan fingerprint density at radius 2 is 2.04 bits per heavy atom. The Hall–Kier alpha value is -0.870. The summed E-state index contributed by atoms with van der Waals surface area (Å²) in [5, 5.41) is 0.415. The maximum absolute atomic E-state index is 12.2. The number of nitrogens with zero attached hydrogens (tertiary/aromatic N) is 1. The second kappa shape index (κ2) is 10.1. The maximum Gasteiger partial charge on any atom is 0.176 e. The molecule has 1 rings (SSSR count). The normalized spacial score (nSPS) is 11.9. The van der Waals surface area contributed by atoms with Gasteiger partial charge in [0.15, 0.2) is 5.78 Å². The van der Waals surface area contributed by atoms with Crippen molar-refractivity contribution < 1.29 is 4.79 Å². The number of alkyl halides is 1. The number of hydrogen-bond acceptors (Lipinski definition) is 3. The first-order valence-corrected chi connectivity index (χ1v) is 9.00. The Balaban J connectivity index is 2.75. The number of ketones is 1. The number of allylic oxidation sites excluding steroid dienone is 4. The van der Waals surface area contributed by atoms with Crippen molar-refractivity contribution in [1.29, 1.82) is 0 Å². The van der Waals surface area contributed by atoms with Gasteiger partial charge in [-0.2, -0.15) is 0 Å². The summed E-state index contributed by atoms with van der Waals surface area (Å²) in [6.45, 7) is 9.57. The molecule has 1 heterocycles. The van der Waals surface area contributed by atoms with E-state index in [0.717, 1.165) is 17.6 Å². The van der Waals surface area contributed by atoms with Gasteiger partial charge in [-0.25, -0.2) is 0 Å². The minimum Gasteiger partial charge on any atom is -0.293 e. The van der Waals surface area contributed by atoms with Crippen LogP contribution in [0.1, 0.15) is 35.9 Å². The van der Waals surface area contributed by atoms with Gasteiger partial charge in [0, 0.05) is 24.8 Å². The highest BCUT2D eigenvalue weighted by atomic mass is 35.5. The van der Waals surface area contributed by atoms with E-state index in [2.05, 4.69) is 18.2 Å². The molecule has 124 valence electrons. The molecule has 0 spiro atoms. The molecule has 0 radical (unpaired) electrons. The lowest BCUT2D eigenvalue weighted by atomic mass is 10.0. The van der Waals surface area contributed by atoms with Crippen LogP contribution in [0.4, 0.5) is 0 Å². The van der Waals surface area contributed by atoms with E-state index in [9.17, 15) is 4.79 Å². The molecule has 0 bridgehead atoms. The number of halogens is 3. The zero-order valence-corrected chi connectivity index (χ0v) is 16.0. The van der Waals surface area contributed by atoms with Crippen LogP contribution in [-0.2, 0) is 0 Å². The largest absolute Gasteiger partial charge is 0.293 e. The number of hydrogen-bond donors (Lipinski definition) is 0. The first-order valence-electron chi connectivity index (χ1n) is 6.90. The number of aliphatic imine (C=N–C) groups is 1. The van der Waals surface area contributed by atoms with E-state index in [1.807, 2.05) is 13.0 Å². The summed E-state index contributed by atoms with van der Waals surface area (Å²) in [7, 11) is 0. The molecule has 0 amide bonds. The highest BCUT2D eigenvalue weighted by molar-refractivity contribution is 7.18. The Kier molecular flexibility index (Phi) is 8.85. The van der Waals surface area contributed by atoms with Gasteiger partial charge in [0.25, 0.3) is 0 Å². The van der Waals surface area contributed by atoms with Gasteiger partial charge < -0.3 is 0 Å². The van der Waals surface area contributed by atoms with E-state index in [4.69, 9.17) is 34.8 Å². The molecule has 0 aliphatic heterocycles. The summed E-state index contributed by atoms with van der Waals surface area (Å²) in [6, 6.07) is 1.61. The first-order chi connectivity index (χ1) is 10.8. The lowest BCUT2D eigenvalue weighted by molar-refractivity contribution is 0.0999. The molecule has 0 saturated carbocycles. The van der Waals surface area contributed by atoms with E-state index in [0.29, 0.717) is 38.7 Å². The molecular formula is C17H18Cl3NOS. The van der Waals surface area contributed by atoms with Gasteiger partial charge in [0.1, 0.15) is 4.34 Å². The van der Waals surface area contributed by atoms with Crippen LogP contribution in [0.2, 0.25) is 9.36 Å². The van der Waals surface area contributed by atoms with Gasteiger partial charge in [-0.15, -0.1) is 22.9 Å². The second-order valence-electron chi connectivity index (χ2n) is 5.07. The van der Waals surface area contributed by atoms with Crippen LogP contribution in [0, 0.1) is 0 Å². The van der Waals surface area contributed by atoms with Crippen LogP contribution in [-0.4, -0.2) is 17.9 Å². The van der Waals surface area contributed by atoms with Crippen molar-refractivity contribution in [3.05, 3.63) is 56.4 Å². The Bertz CT molecular complexity index is 639. The highest BCUT2D eigenvalue weighted by Gasteiger charge is 2.11. The Morgan fingerprint density at radius 1 is 1.35 bits per heavy atom. The summed E-state index contributed by atoms with van der Waals surface area (Å²) >= 11 is 18.6. The zero-order chi connectivity index (χ0) is 17.4. The number of thiophene rings is 1. The summed E-state index contributed by atoms with van der Waals surface area (Å²) in [5.41, 5.74) is 2.71. The van der Waals surface area contributed by atoms with Crippen molar-refractivity contribution in [1.82, 2.24) is 0 Å². The molecule has 0 aromatic carbocycles. The molecule has 23 heavy (non-hydrogen) atoms. The summed E-state index contributed by atoms with van der Waals surface area (Å²) < 4.78 is 0.438. The average Bonchev–Trinajstić information content (AvgIpc) is 2.83. The molecule has 0 N–H and O–H groups in total. The Labute approximate surface area is 156 Å². The van der Waals surface area contributed by atoms with E-state index < -0.39 is 0 Å². The molecule has 0 atom stereocenters. The third-order valence-corrected chi connectivity index (χ3v) is 5.02. The second-order valence-corrected chi connectivity index (χ2v) is 7.40. The van der Waals surface area contributed by atoms with Crippen molar-refractivity contribution in [2.24, 2.45) is 4.99 Å². The van der Waals surface area contributed by atoms with Gasteiger partial charge in [-0.3, -0.25) is 9.79 Å². The smallest absolute Gasteiger partial charge is 0.176 e. The van der Waals surface area contributed by atoms with Crippen molar-refractivity contribution in [3.63, 3.8) is 0 Å². The van der Waals surface area contributed by atoms with Gasteiger partial charge in [0.05, 0.1) is 15.8 Å².